The molecule has 1 saturated heterocycles. The van der Waals surface area contributed by atoms with Gasteiger partial charge in [0.2, 0.25) is 0 Å². The summed E-state index contributed by atoms with van der Waals surface area (Å²) in [4.78, 5) is 12.1. The molecule has 2 unspecified atom stereocenters. The summed E-state index contributed by atoms with van der Waals surface area (Å²) in [5.74, 6) is 5.09. The van der Waals surface area contributed by atoms with Crippen LogP contribution in [0.2, 0.25) is 0 Å². The van der Waals surface area contributed by atoms with Gasteiger partial charge in [-0.05, 0) is 31.5 Å². The van der Waals surface area contributed by atoms with E-state index in [2.05, 4.69) is 71.4 Å². The van der Waals surface area contributed by atoms with E-state index in [1.54, 1.807) is 0 Å². The summed E-state index contributed by atoms with van der Waals surface area (Å²) < 4.78 is 1.13. The maximum Gasteiger partial charge on any atom is 0.338 e. The Morgan fingerprint density at radius 2 is 1.97 bits per heavy atom. The average Bonchev–Trinajstić information content (AvgIpc) is 2.79. The van der Waals surface area contributed by atoms with Crippen LogP contribution >= 0.6 is 0 Å². The number of piperidine rings is 1. The van der Waals surface area contributed by atoms with Crippen LogP contribution in [0.15, 0.2) is 30.5 Å². The van der Waals surface area contributed by atoms with Gasteiger partial charge in [0, 0.05) is 37.7 Å². The molecule has 2 aromatic rings. The summed E-state index contributed by atoms with van der Waals surface area (Å²) in [6.45, 7) is 4.51. The molecular formula is C26H40N6+2. The highest BCUT2D eigenvalue weighted by Gasteiger charge is 2.35. The number of nitrogens with zero attached hydrogens (tertiary/aromatic N) is 5. The molecule has 2 atom stereocenters. The third kappa shape index (κ3) is 5.12. The Bertz CT molecular complexity index is 967. The van der Waals surface area contributed by atoms with Gasteiger partial charge in [-0.2, -0.15) is 4.98 Å². The van der Waals surface area contributed by atoms with Crippen LogP contribution in [-0.4, -0.2) is 71.4 Å². The first-order valence-corrected chi connectivity index (χ1v) is 11.6. The smallest absolute Gasteiger partial charge is 0.338 e. The fourth-order valence-corrected chi connectivity index (χ4v) is 4.74. The molecule has 0 saturated carbocycles. The van der Waals surface area contributed by atoms with Crippen molar-refractivity contribution in [2.75, 3.05) is 60.3 Å². The minimum absolute atomic E-state index is 0.427. The molecule has 32 heavy (non-hydrogen) atoms. The van der Waals surface area contributed by atoms with Gasteiger partial charge in [-0.1, -0.05) is 25.3 Å². The summed E-state index contributed by atoms with van der Waals surface area (Å²) >= 11 is 0. The number of quaternary nitrogens is 2. The van der Waals surface area contributed by atoms with Crippen LogP contribution in [-0.2, 0) is 0 Å². The van der Waals surface area contributed by atoms with E-state index in [0.29, 0.717) is 20.9 Å². The SMILES string of the molecule is C#Cc1cccc([N+](C)(C)c2ncc(N(C)C)c([N+](C)(C)CC(C)C3CCCCN3)n2)c1. The molecule has 172 valence electrons. The lowest BCUT2D eigenvalue weighted by molar-refractivity contribution is 0.245. The van der Waals surface area contributed by atoms with Crippen molar-refractivity contribution in [3.63, 3.8) is 0 Å². The van der Waals surface area contributed by atoms with Crippen LogP contribution in [0.3, 0.4) is 0 Å². The summed E-state index contributed by atoms with van der Waals surface area (Å²) in [6.07, 6.45) is 11.5. The molecular weight excluding hydrogens is 396 g/mol. The number of anilines is 1. The molecule has 2 heterocycles. The number of nitrogens with one attached hydrogen (secondary N) is 1. The van der Waals surface area contributed by atoms with Crippen molar-refractivity contribution in [2.45, 2.75) is 32.2 Å². The van der Waals surface area contributed by atoms with E-state index in [0.717, 1.165) is 41.8 Å². The molecule has 1 aliphatic heterocycles. The zero-order chi connectivity index (χ0) is 23.5. The Morgan fingerprint density at radius 3 is 2.59 bits per heavy atom. The second-order valence-corrected chi connectivity index (χ2v) is 10.3. The third-order valence-corrected chi connectivity index (χ3v) is 6.73. The Balaban J connectivity index is 1.99. The minimum Gasteiger partial charge on any atom is -0.370 e. The fraction of sp³-hybridized carbons (Fsp3) is 0.538. The number of benzene rings is 1. The lowest BCUT2D eigenvalue weighted by Crippen LogP contribution is -2.51. The number of rotatable bonds is 7. The van der Waals surface area contributed by atoms with Gasteiger partial charge in [0.05, 0.1) is 40.9 Å². The lowest BCUT2D eigenvalue weighted by Gasteiger charge is -2.37. The summed E-state index contributed by atoms with van der Waals surface area (Å²) in [5, 5.41) is 3.73. The first-order valence-electron chi connectivity index (χ1n) is 11.6. The molecule has 1 aromatic heterocycles. The maximum atomic E-state index is 5.64. The normalized spacial score (nSPS) is 18.1. The highest BCUT2D eigenvalue weighted by atomic mass is 15.4. The number of terminal acetylenes is 1. The van der Waals surface area contributed by atoms with E-state index in [-0.39, 0.29) is 0 Å². The van der Waals surface area contributed by atoms with E-state index < -0.39 is 0 Å². The van der Waals surface area contributed by atoms with Gasteiger partial charge in [0.15, 0.2) is 0 Å². The van der Waals surface area contributed by atoms with Crippen molar-refractivity contribution >= 4 is 23.1 Å². The Hall–Kier alpha value is -2.46. The average molecular weight is 437 g/mol. The molecule has 0 bridgehead atoms. The van der Waals surface area contributed by atoms with Crippen molar-refractivity contribution in [3.05, 3.63) is 36.0 Å². The number of aromatic nitrogens is 2. The first-order chi connectivity index (χ1) is 15.1. The van der Waals surface area contributed by atoms with Crippen LogP contribution in [0.25, 0.3) is 0 Å². The quantitative estimate of drug-likeness (QED) is 0.530. The third-order valence-electron chi connectivity index (χ3n) is 6.73. The number of hydrogen-bond donors (Lipinski definition) is 1. The molecule has 6 heteroatoms. The van der Waals surface area contributed by atoms with Crippen LogP contribution in [0.4, 0.5) is 23.1 Å². The van der Waals surface area contributed by atoms with Gasteiger partial charge in [0.1, 0.15) is 11.4 Å². The van der Waals surface area contributed by atoms with E-state index >= 15 is 0 Å². The number of hydrogen-bond acceptors (Lipinski definition) is 4. The Kier molecular flexibility index (Phi) is 7.24. The van der Waals surface area contributed by atoms with Crippen molar-refractivity contribution in [3.8, 4) is 12.3 Å². The molecule has 1 N–H and O–H groups in total. The van der Waals surface area contributed by atoms with Crippen LogP contribution in [0.5, 0.6) is 0 Å². The Morgan fingerprint density at radius 1 is 1.22 bits per heavy atom. The largest absolute Gasteiger partial charge is 0.370 e. The van der Waals surface area contributed by atoms with E-state index in [1.807, 2.05) is 24.4 Å². The fourth-order valence-electron chi connectivity index (χ4n) is 4.74. The topological polar surface area (TPSA) is 41.1 Å². The maximum absolute atomic E-state index is 5.64. The molecule has 0 radical (unpaired) electrons. The highest BCUT2D eigenvalue weighted by Crippen LogP contribution is 2.35. The zero-order valence-corrected chi connectivity index (χ0v) is 20.9. The van der Waals surface area contributed by atoms with E-state index in [1.165, 1.54) is 19.3 Å². The standard InChI is InChI=1S/C26H40N6/c1-9-21-13-12-14-22(17-21)32(7,8)26-28-18-24(30(3)4)25(29-26)31(5,6)19-20(2)23-15-10-11-16-27-23/h1,12-14,17-18,20,23,27H,10-11,15-16,19H2,2-8H3/q+2. The highest BCUT2D eigenvalue weighted by molar-refractivity contribution is 5.66. The molecule has 3 rings (SSSR count). The van der Waals surface area contributed by atoms with Crippen molar-refractivity contribution in [2.24, 2.45) is 5.92 Å². The van der Waals surface area contributed by atoms with E-state index in [4.69, 9.17) is 16.4 Å². The zero-order valence-electron chi connectivity index (χ0n) is 20.9. The molecule has 6 nitrogen and oxygen atoms in total. The predicted octanol–water partition coefficient (Wildman–Crippen LogP) is 3.77. The Labute approximate surface area is 194 Å². The van der Waals surface area contributed by atoms with Crippen molar-refractivity contribution < 1.29 is 0 Å². The molecule has 1 fully saturated rings. The summed E-state index contributed by atoms with van der Waals surface area (Å²) in [5.41, 5.74) is 2.98. The summed E-state index contributed by atoms with van der Waals surface area (Å²) in [6, 6.07) is 8.65. The van der Waals surface area contributed by atoms with Gasteiger partial charge >= 0.3 is 5.95 Å². The summed E-state index contributed by atoms with van der Waals surface area (Å²) in [7, 11) is 12.9. The minimum atomic E-state index is 0.427. The molecule has 0 amide bonds. The molecule has 0 aliphatic carbocycles. The van der Waals surface area contributed by atoms with Crippen LogP contribution < -0.4 is 19.2 Å². The van der Waals surface area contributed by atoms with E-state index in [9.17, 15) is 0 Å². The van der Waals surface area contributed by atoms with Gasteiger partial charge in [-0.25, -0.2) is 4.48 Å². The molecule has 1 aliphatic rings. The predicted molar refractivity (Wildman–Crippen MR) is 137 cm³/mol. The van der Waals surface area contributed by atoms with Gasteiger partial charge in [-0.3, -0.25) is 4.48 Å². The monoisotopic (exact) mass is 436 g/mol. The van der Waals surface area contributed by atoms with Gasteiger partial charge in [0.25, 0.3) is 5.82 Å². The van der Waals surface area contributed by atoms with Crippen LogP contribution in [0, 0.1) is 18.3 Å². The lowest BCUT2D eigenvalue weighted by atomic mass is 9.92. The molecule has 0 spiro atoms. The van der Waals surface area contributed by atoms with Crippen molar-refractivity contribution in [1.29, 1.82) is 0 Å². The second kappa shape index (κ2) is 9.58. The van der Waals surface area contributed by atoms with Crippen LogP contribution in [0.1, 0.15) is 31.7 Å². The molecule has 1 aromatic carbocycles. The van der Waals surface area contributed by atoms with Crippen molar-refractivity contribution in [1.82, 2.24) is 24.3 Å². The first kappa shape index (κ1) is 24.2. The van der Waals surface area contributed by atoms with Gasteiger partial charge in [-0.15, -0.1) is 11.4 Å². The van der Waals surface area contributed by atoms with Gasteiger partial charge < -0.3 is 10.2 Å². The second-order valence-electron chi connectivity index (χ2n) is 10.3.